The molecule has 4 N–H and O–H groups in total. The summed E-state index contributed by atoms with van der Waals surface area (Å²) in [4.78, 5) is 0. The number of halogens is 2. The molecule has 0 amide bonds. The highest BCUT2D eigenvalue weighted by molar-refractivity contribution is 6.37. The number of hydrogen-bond acceptors (Lipinski definition) is 3. The third-order valence-electron chi connectivity index (χ3n) is 3.10. The number of rotatable bonds is 2. The molecule has 1 aliphatic carbocycles. The number of nitrogens with one attached hydrogen (secondary N) is 1. The second-order valence-electron chi connectivity index (χ2n) is 4.56. The fourth-order valence-corrected chi connectivity index (χ4v) is 2.73. The molecule has 0 aliphatic heterocycles. The zero-order valence-electron chi connectivity index (χ0n) is 9.42. The maximum absolute atomic E-state index is 9.47. The molecule has 0 heterocycles. The summed E-state index contributed by atoms with van der Waals surface area (Å²) >= 11 is 11.7. The molecule has 3 nitrogen and oxygen atoms in total. The maximum atomic E-state index is 9.47. The number of hydrogen-bond donors (Lipinski definition) is 3. The Hall–Kier alpha value is -0.640. The number of phenols is 1. The molecule has 0 saturated heterocycles. The van der Waals surface area contributed by atoms with E-state index in [2.05, 4.69) is 5.32 Å². The highest BCUT2D eigenvalue weighted by Gasteiger charge is 2.19. The third kappa shape index (κ3) is 3.18. The molecule has 0 spiro atoms. The van der Waals surface area contributed by atoms with E-state index in [0.29, 0.717) is 6.04 Å². The van der Waals surface area contributed by atoms with Gasteiger partial charge in [-0.3, -0.25) is 0 Å². The van der Waals surface area contributed by atoms with E-state index in [4.69, 9.17) is 28.9 Å². The van der Waals surface area contributed by atoms with E-state index < -0.39 is 0 Å². The lowest BCUT2D eigenvalue weighted by atomic mass is 9.91. The van der Waals surface area contributed by atoms with Gasteiger partial charge in [-0.25, -0.2) is 0 Å². The van der Waals surface area contributed by atoms with Crippen molar-refractivity contribution < 1.29 is 5.11 Å². The quantitative estimate of drug-likeness (QED) is 0.725. The van der Waals surface area contributed by atoms with Crippen LogP contribution in [0.25, 0.3) is 0 Å². The van der Waals surface area contributed by atoms with Crippen LogP contribution in [0.4, 0.5) is 5.69 Å². The minimum atomic E-state index is -0.0702. The first-order chi connectivity index (χ1) is 8.06. The Morgan fingerprint density at radius 2 is 1.88 bits per heavy atom. The molecular weight excluding hydrogens is 259 g/mol. The smallest absolute Gasteiger partial charge is 0.152 e. The molecular formula is C12H16Cl2N2O. The van der Waals surface area contributed by atoms with E-state index in [1.165, 1.54) is 0 Å². The average Bonchev–Trinajstić information content (AvgIpc) is 2.26. The summed E-state index contributed by atoms with van der Waals surface area (Å²) in [6, 6.07) is 3.99. The summed E-state index contributed by atoms with van der Waals surface area (Å²) in [5.41, 5.74) is 6.76. The molecule has 0 radical (unpaired) electrons. The van der Waals surface area contributed by atoms with Crippen LogP contribution in [0.2, 0.25) is 10.0 Å². The molecule has 94 valence electrons. The van der Waals surface area contributed by atoms with Gasteiger partial charge in [-0.2, -0.15) is 0 Å². The Labute approximate surface area is 111 Å². The van der Waals surface area contributed by atoms with Crippen LogP contribution < -0.4 is 11.1 Å². The number of anilines is 1. The Morgan fingerprint density at radius 1 is 1.24 bits per heavy atom. The standard InChI is InChI=1S/C12H16Cl2N2O/c13-10-5-9(6-11(14)12(10)17)16-8-3-1-2-7(15)4-8/h5-8,16-17H,1-4,15H2. The monoisotopic (exact) mass is 274 g/mol. The SMILES string of the molecule is NC1CCCC(Nc2cc(Cl)c(O)c(Cl)c2)C1. The Morgan fingerprint density at radius 3 is 2.47 bits per heavy atom. The van der Waals surface area contributed by atoms with Gasteiger partial charge in [0.15, 0.2) is 5.75 Å². The molecule has 1 fully saturated rings. The summed E-state index contributed by atoms with van der Waals surface area (Å²) in [6.07, 6.45) is 4.29. The third-order valence-corrected chi connectivity index (χ3v) is 3.68. The van der Waals surface area contributed by atoms with Gasteiger partial charge in [0.2, 0.25) is 0 Å². The predicted molar refractivity (Wildman–Crippen MR) is 72.0 cm³/mol. The van der Waals surface area contributed by atoms with Crippen LogP contribution in [0.5, 0.6) is 5.75 Å². The van der Waals surface area contributed by atoms with Crippen molar-refractivity contribution in [2.45, 2.75) is 37.8 Å². The first kappa shape index (κ1) is 12.8. The van der Waals surface area contributed by atoms with Crippen molar-refractivity contribution in [2.75, 3.05) is 5.32 Å². The largest absolute Gasteiger partial charge is 0.505 e. The summed E-state index contributed by atoms with van der Waals surface area (Å²) in [6.45, 7) is 0. The normalized spacial score (nSPS) is 24.6. The summed E-state index contributed by atoms with van der Waals surface area (Å²) in [5.74, 6) is -0.0702. The van der Waals surface area contributed by atoms with Gasteiger partial charge < -0.3 is 16.2 Å². The first-order valence-corrected chi connectivity index (χ1v) is 6.52. The minimum Gasteiger partial charge on any atom is -0.505 e. The van der Waals surface area contributed by atoms with Crippen molar-refractivity contribution in [1.29, 1.82) is 0 Å². The van der Waals surface area contributed by atoms with Crippen molar-refractivity contribution in [1.82, 2.24) is 0 Å². The summed E-state index contributed by atoms with van der Waals surface area (Å²) in [5, 5.41) is 13.4. The van der Waals surface area contributed by atoms with E-state index in [1.54, 1.807) is 12.1 Å². The highest BCUT2D eigenvalue weighted by atomic mass is 35.5. The van der Waals surface area contributed by atoms with Crippen molar-refractivity contribution in [3.8, 4) is 5.75 Å². The zero-order valence-corrected chi connectivity index (χ0v) is 10.9. The topological polar surface area (TPSA) is 58.3 Å². The fraction of sp³-hybridized carbons (Fsp3) is 0.500. The predicted octanol–water partition coefficient (Wildman–Crippen LogP) is 3.38. The van der Waals surface area contributed by atoms with Gasteiger partial charge >= 0.3 is 0 Å². The highest BCUT2D eigenvalue weighted by Crippen LogP contribution is 2.35. The molecule has 2 atom stereocenters. The lowest BCUT2D eigenvalue weighted by molar-refractivity contribution is 0.409. The Kier molecular flexibility index (Phi) is 4.02. The van der Waals surface area contributed by atoms with Crippen LogP contribution in [-0.2, 0) is 0 Å². The lowest BCUT2D eigenvalue weighted by Gasteiger charge is -2.28. The van der Waals surface area contributed by atoms with Crippen LogP contribution in [0.15, 0.2) is 12.1 Å². The molecule has 0 bridgehead atoms. The van der Waals surface area contributed by atoms with Gasteiger partial charge in [0.25, 0.3) is 0 Å². The van der Waals surface area contributed by atoms with Crippen LogP contribution in [0.1, 0.15) is 25.7 Å². The van der Waals surface area contributed by atoms with Crippen molar-refractivity contribution in [3.63, 3.8) is 0 Å². The van der Waals surface area contributed by atoms with E-state index >= 15 is 0 Å². The molecule has 1 aliphatic rings. The van der Waals surface area contributed by atoms with Crippen LogP contribution in [-0.4, -0.2) is 17.2 Å². The first-order valence-electron chi connectivity index (χ1n) is 5.76. The van der Waals surface area contributed by atoms with Gasteiger partial charge in [0, 0.05) is 17.8 Å². The molecule has 1 saturated carbocycles. The van der Waals surface area contributed by atoms with Gasteiger partial charge in [0.1, 0.15) is 0 Å². The van der Waals surface area contributed by atoms with Gasteiger partial charge in [-0.15, -0.1) is 0 Å². The van der Waals surface area contributed by atoms with Crippen molar-refractivity contribution in [2.24, 2.45) is 5.73 Å². The Bertz CT molecular complexity index is 388. The number of benzene rings is 1. The van der Waals surface area contributed by atoms with E-state index in [9.17, 15) is 5.11 Å². The van der Waals surface area contributed by atoms with Crippen molar-refractivity contribution in [3.05, 3.63) is 22.2 Å². The molecule has 2 rings (SSSR count). The summed E-state index contributed by atoms with van der Waals surface area (Å²) in [7, 11) is 0. The molecule has 0 aromatic heterocycles. The Balaban J connectivity index is 2.08. The molecule has 5 heteroatoms. The second-order valence-corrected chi connectivity index (χ2v) is 5.37. The minimum absolute atomic E-state index is 0.0702. The summed E-state index contributed by atoms with van der Waals surface area (Å²) < 4.78 is 0. The molecule has 1 aromatic carbocycles. The number of aromatic hydroxyl groups is 1. The fourth-order valence-electron chi connectivity index (χ4n) is 2.24. The van der Waals surface area contributed by atoms with E-state index in [1.807, 2.05) is 0 Å². The zero-order chi connectivity index (χ0) is 12.4. The van der Waals surface area contributed by atoms with Gasteiger partial charge in [-0.05, 0) is 37.8 Å². The molecule has 17 heavy (non-hydrogen) atoms. The van der Waals surface area contributed by atoms with Crippen LogP contribution in [0.3, 0.4) is 0 Å². The van der Waals surface area contributed by atoms with Crippen molar-refractivity contribution >= 4 is 28.9 Å². The molecule has 2 unspecified atom stereocenters. The van der Waals surface area contributed by atoms with Crippen LogP contribution >= 0.6 is 23.2 Å². The lowest BCUT2D eigenvalue weighted by Crippen LogP contribution is -2.34. The average molecular weight is 275 g/mol. The van der Waals surface area contributed by atoms with Crippen LogP contribution in [0, 0.1) is 0 Å². The number of nitrogens with two attached hydrogens (primary N) is 1. The van der Waals surface area contributed by atoms with E-state index in [0.717, 1.165) is 31.4 Å². The number of phenolic OH excluding ortho intramolecular Hbond substituents is 1. The second kappa shape index (κ2) is 5.34. The van der Waals surface area contributed by atoms with Gasteiger partial charge in [0.05, 0.1) is 10.0 Å². The van der Waals surface area contributed by atoms with Gasteiger partial charge in [-0.1, -0.05) is 23.2 Å². The maximum Gasteiger partial charge on any atom is 0.152 e. The molecule has 1 aromatic rings. The van der Waals surface area contributed by atoms with E-state index in [-0.39, 0.29) is 21.8 Å².